The summed E-state index contributed by atoms with van der Waals surface area (Å²) in [6.07, 6.45) is 0.907. The number of nitro groups is 1. The fourth-order valence-corrected chi connectivity index (χ4v) is 1.26. The largest absolute Gasteiger partial charge is 0.493 e. The van der Waals surface area contributed by atoms with Crippen molar-refractivity contribution in [2.45, 2.75) is 27.2 Å². The van der Waals surface area contributed by atoms with Crippen molar-refractivity contribution in [2.24, 2.45) is 5.41 Å². The number of benzene rings is 1. The zero-order valence-electron chi connectivity index (χ0n) is 10.4. The molecule has 0 fully saturated rings. The second kappa shape index (κ2) is 5.03. The van der Waals surface area contributed by atoms with Gasteiger partial charge in [0.25, 0.3) is 5.69 Å². The molecule has 0 radical (unpaired) electrons. The SMILES string of the molecule is CC(C)(C)CCOc1ccc([N+](=O)[O-])c(N)c1. The summed E-state index contributed by atoms with van der Waals surface area (Å²) in [7, 11) is 0. The maximum Gasteiger partial charge on any atom is 0.292 e. The Morgan fingerprint density at radius 3 is 2.53 bits per heavy atom. The lowest BCUT2D eigenvalue weighted by Gasteiger charge is -2.18. The maximum atomic E-state index is 10.6. The summed E-state index contributed by atoms with van der Waals surface area (Å²) < 4.78 is 5.49. The predicted molar refractivity (Wildman–Crippen MR) is 67.1 cm³/mol. The van der Waals surface area contributed by atoms with Gasteiger partial charge in [-0.3, -0.25) is 10.1 Å². The monoisotopic (exact) mass is 238 g/mol. The zero-order chi connectivity index (χ0) is 13.1. The molecule has 0 aromatic heterocycles. The molecule has 0 atom stereocenters. The van der Waals surface area contributed by atoms with Crippen LogP contribution in [0, 0.1) is 15.5 Å². The van der Waals surface area contributed by atoms with Crippen molar-refractivity contribution in [1.29, 1.82) is 0 Å². The third-order valence-corrected chi connectivity index (χ3v) is 2.32. The Bertz CT molecular complexity index is 411. The molecule has 5 heteroatoms. The van der Waals surface area contributed by atoms with Crippen molar-refractivity contribution in [1.82, 2.24) is 0 Å². The van der Waals surface area contributed by atoms with E-state index in [2.05, 4.69) is 20.8 Å². The number of nitro benzene ring substituents is 1. The Hall–Kier alpha value is -1.78. The van der Waals surface area contributed by atoms with Crippen LogP contribution >= 0.6 is 0 Å². The molecular weight excluding hydrogens is 220 g/mol. The van der Waals surface area contributed by atoms with Crippen molar-refractivity contribution < 1.29 is 9.66 Å². The standard InChI is InChI=1S/C12H18N2O3/c1-12(2,3)6-7-17-9-4-5-11(14(15)16)10(13)8-9/h4-5,8H,6-7,13H2,1-3H3. The highest BCUT2D eigenvalue weighted by Crippen LogP contribution is 2.26. The van der Waals surface area contributed by atoms with Crippen LogP contribution in [-0.2, 0) is 0 Å². The molecule has 1 rings (SSSR count). The van der Waals surface area contributed by atoms with E-state index in [1.54, 1.807) is 6.07 Å². The summed E-state index contributed by atoms with van der Waals surface area (Å²) in [6, 6.07) is 4.42. The first-order valence-electron chi connectivity index (χ1n) is 5.46. The van der Waals surface area contributed by atoms with Gasteiger partial charge in [0, 0.05) is 12.1 Å². The second-order valence-electron chi connectivity index (χ2n) is 5.14. The number of ether oxygens (including phenoxy) is 1. The minimum atomic E-state index is -0.506. The van der Waals surface area contributed by atoms with Crippen LogP contribution in [0.4, 0.5) is 11.4 Å². The lowest BCUT2D eigenvalue weighted by Crippen LogP contribution is -2.11. The van der Waals surface area contributed by atoms with E-state index < -0.39 is 4.92 Å². The van der Waals surface area contributed by atoms with E-state index in [4.69, 9.17) is 10.5 Å². The first-order valence-corrected chi connectivity index (χ1v) is 5.46. The average Bonchev–Trinajstić information content (AvgIpc) is 2.15. The highest BCUT2D eigenvalue weighted by Gasteiger charge is 2.13. The summed E-state index contributed by atoms with van der Waals surface area (Å²) in [4.78, 5) is 10.1. The molecule has 17 heavy (non-hydrogen) atoms. The Balaban J connectivity index is 2.62. The minimum Gasteiger partial charge on any atom is -0.493 e. The van der Waals surface area contributed by atoms with Crippen LogP contribution in [-0.4, -0.2) is 11.5 Å². The van der Waals surface area contributed by atoms with E-state index in [-0.39, 0.29) is 16.8 Å². The van der Waals surface area contributed by atoms with Gasteiger partial charge >= 0.3 is 0 Å². The molecule has 0 aliphatic rings. The van der Waals surface area contributed by atoms with Gasteiger partial charge in [-0.2, -0.15) is 0 Å². The summed E-state index contributed by atoms with van der Waals surface area (Å²) in [6.45, 7) is 6.95. The maximum absolute atomic E-state index is 10.6. The van der Waals surface area contributed by atoms with Gasteiger partial charge in [-0.25, -0.2) is 0 Å². The molecule has 0 bridgehead atoms. The van der Waals surface area contributed by atoms with E-state index in [1.165, 1.54) is 12.1 Å². The average molecular weight is 238 g/mol. The summed E-state index contributed by atoms with van der Waals surface area (Å²) in [5.74, 6) is 0.567. The van der Waals surface area contributed by atoms with Crippen LogP contribution in [0.5, 0.6) is 5.75 Å². The Morgan fingerprint density at radius 1 is 1.41 bits per heavy atom. The van der Waals surface area contributed by atoms with Gasteiger partial charge in [-0.1, -0.05) is 20.8 Å². The summed E-state index contributed by atoms with van der Waals surface area (Å²) in [5.41, 5.74) is 5.80. The fourth-order valence-electron chi connectivity index (χ4n) is 1.26. The number of anilines is 1. The molecule has 5 nitrogen and oxygen atoms in total. The van der Waals surface area contributed by atoms with Crippen LogP contribution in [0.2, 0.25) is 0 Å². The van der Waals surface area contributed by atoms with Crippen molar-refractivity contribution in [3.63, 3.8) is 0 Å². The number of nitrogen functional groups attached to an aromatic ring is 1. The molecule has 2 N–H and O–H groups in total. The topological polar surface area (TPSA) is 78.4 Å². The van der Waals surface area contributed by atoms with E-state index in [1.807, 2.05) is 0 Å². The van der Waals surface area contributed by atoms with Crippen molar-refractivity contribution in [2.75, 3.05) is 12.3 Å². The fraction of sp³-hybridized carbons (Fsp3) is 0.500. The number of hydrogen-bond donors (Lipinski definition) is 1. The molecule has 0 unspecified atom stereocenters. The number of hydrogen-bond acceptors (Lipinski definition) is 4. The number of nitrogens with zero attached hydrogens (tertiary/aromatic N) is 1. The van der Waals surface area contributed by atoms with Crippen molar-refractivity contribution in [3.05, 3.63) is 28.3 Å². The van der Waals surface area contributed by atoms with Crippen molar-refractivity contribution in [3.8, 4) is 5.75 Å². The molecule has 0 heterocycles. The van der Waals surface area contributed by atoms with Gasteiger partial charge in [0.1, 0.15) is 11.4 Å². The second-order valence-corrected chi connectivity index (χ2v) is 5.14. The summed E-state index contributed by atoms with van der Waals surface area (Å²) in [5, 5.41) is 10.6. The van der Waals surface area contributed by atoms with E-state index in [0.29, 0.717) is 12.4 Å². The van der Waals surface area contributed by atoms with Gasteiger partial charge in [0.05, 0.1) is 11.5 Å². The molecule has 0 saturated heterocycles. The Morgan fingerprint density at radius 2 is 2.06 bits per heavy atom. The van der Waals surface area contributed by atoms with Crippen LogP contribution < -0.4 is 10.5 Å². The highest BCUT2D eigenvalue weighted by atomic mass is 16.6. The van der Waals surface area contributed by atoms with E-state index >= 15 is 0 Å². The predicted octanol–water partition coefficient (Wildman–Crippen LogP) is 2.99. The molecule has 0 aliphatic carbocycles. The number of nitrogens with two attached hydrogens (primary N) is 1. The molecule has 0 amide bonds. The van der Waals surface area contributed by atoms with Crippen LogP contribution in [0.1, 0.15) is 27.2 Å². The first-order chi connectivity index (χ1) is 7.79. The smallest absolute Gasteiger partial charge is 0.292 e. The molecule has 1 aromatic carbocycles. The lowest BCUT2D eigenvalue weighted by atomic mass is 9.93. The minimum absolute atomic E-state index is 0.0897. The molecular formula is C12H18N2O3. The van der Waals surface area contributed by atoms with Gasteiger partial charge < -0.3 is 10.5 Å². The number of rotatable bonds is 4. The van der Waals surface area contributed by atoms with E-state index in [0.717, 1.165) is 6.42 Å². The third-order valence-electron chi connectivity index (χ3n) is 2.32. The molecule has 0 spiro atoms. The van der Waals surface area contributed by atoms with Crippen LogP contribution in [0.25, 0.3) is 0 Å². The van der Waals surface area contributed by atoms with Gasteiger partial charge in [-0.15, -0.1) is 0 Å². The van der Waals surface area contributed by atoms with Crippen molar-refractivity contribution >= 4 is 11.4 Å². The Labute approximate surface area is 101 Å². The van der Waals surface area contributed by atoms with Crippen LogP contribution in [0.15, 0.2) is 18.2 Å². The Kier molecular flexibility index (Phi) is 3.93. The molecule has 94 valence electrons. The van der Waals surface area contributed by atoms with Crippen LogP contribution in [0.3, 0.4) is 0 Å². The van der Waals surface area contributed by atoms with Gasteiger partial charge in [-0.05, 0) is 17.9 Å². The highest BCUT2D eigenvalue weighted by molar-refractivity contribution is 5.60. The van der Waals surface area contributed by atoms with Gasteiger partial charge in [0.2, 0.25) is 0 Å². The molecule has 0 aliphatic heterocycles. The molecule has 0 saturated carbocycles. The quantitative estimate of drug-likeness (QED) is 0.497. The summed E-state index contributed by atoms with van der Waals surface area (Å²) >= 11 is 0. The normalized spacial score (nSPS) is 11.2. The lowest BCUT2D eigenvalue weighted by molar-refractivity contribution is -0.383. The third kappa shape index (κ3) is 4.30. The zero-order valence-corrected chi connectivity index (χ0v) is 10.4. The van der Waals surface area contributed by atoms with Gasteiger partial charge in [0.15, 0.2) is 0 Å². The first kappa shape index (κ1) is 13.3. The van der Waals surface area contributed by atoms with E-state index in [9.17, 15) is 10.1 Å². The molecule has 1 aromatic rings.